The maximum absolute atomic E-state index is 12.3. The highest BCUT2D eigenvalue weighted by atomic mass is 32.2. The van der Waals surface area contributed by atoms with Gasteiger partial charge in [0, 0.05) is 61.1 Å². The molecule has 2 fully saturated rings. The summed E-state index contributed by atoms with van der Waals surface area (Å²) in [6.07, 6.45) is 4.26. The number of likely N-dealkylation sites (N-methyl/N-ethyl adjacent to an activating group) is 1. The van der Waals surface area contributed by atoms with Crippen LogP contribution in [0, 0.1) is 0 Å². The quantitative estimate of drug-likeness (QED) is 0.834. The molecule has 0 saturated carbocycles. The zero-order valence-corrected chi connectivity index (χ0v) is 14.9. The van der Waals surface area contributed by atoms with E-state index >= 15 is 0 Å². The van der Waals surface area contributed by atoms with Gasteiger partial charge < -0.3 is 10.6 Å². The lowest BCUT2D eigenvalue weighted by Gasteiger charge is -2.30. The number of rotatable bonds is 4. The molecule has 3 rings (SSSR count). The van der Waals surface area contributed by atoms with Gasteiger partial charge in [0.05, 0.1) is 6.04 Å². The first-order valence-electron chi connectivity index (χ1n) is 7.94. The third-order valence-electron chi connectivity index (χ3n) is 4.25. The first-order chi connectivity index (χ1) is 11.3. The van der Waals surface area contributed by atoms with Crippen molar-refractivity contribution in [3.05, 3.63) is 18.5 Å². The van der Waals surface area contributed by atoms with Gasteiger partial charge in [0.15, 0.2) is 0 Å². The van der Waals surface area contributed by atoms with E-state index in [0.717, 1.165) is 24.5 Å². The second-order valence-electron chi connectivity index (χ2n) is 5.78. The molecule has 1 amide bonds. The molecule has 8 heteroatoms. The minimum Gasteiger partial charge on any atom is -0.358 e. The number of hydrogen-bond acceptors (Lipinski definition) is 7. The molecule has 0 radical (unpaired) electrons. The molecule has 2 N–H and O–H groups in total. The molecule has 1 aromatic rings. The summed E-state index contributed by atoms with van der Waals surface area (Å²) < 4.78 is 0. The van der Waals surface area contributed by atoms with E-state index in [1.54, 1.807) is 25.5 Å². The minimum absolute atomic E-state index is 0.0643. The molecule has 0 spiro atoms. The molecule has 0 unspecified atom stereocenters. The Morgan fingerprint density at radius 3 is 2.61 bits per heavy atom. The van der Waals surface area contributed by atoms with Crippen LogP contribution in [0.5, 0.6) is 0 Å². The molecule has 0 bridgehead atoms. The van der Waals surface area contributed by atoms with Gasteiger partial charge in [-0.25, -0.2) is 9.97 Å². The fourth-order valence-electron chi connectivity index (χ4n) is 3.15. The summed E-state index contributed by atoms with van der Waals surface area (Å²) in [6.45, 7) is 0.863. The number of aromatic nitrogens is 2. The minimum atomic E-state index is -0.0643. The van der Waals surface area contributed by atoms with Crippen LogP contribution in [0.3, 0.4) is 0 Å². The maximum atomic E-state index is 12.3. The van der Waals surface area contributed by atoms with E-state index in [9.17, 15) is 4.79 Å². The summed E-state index contributed by atoms with van der Waals surface area (Å²) >= 11 is 4.00. The van der Waals surface area contributed by atoms with E-state index < -0.39 is 0 Å². The number of hydrogen-bond donors (Lipinski definition) is 2. The number of nitrogens with zero attached hydrogens (tertiary/aromatic N) is 3. The number of carbonyl (C=O) groups is 1. The van der Waals surface area contributed by atoms with E-state index in [2.05, 4.69) is 25.5 Å². The average Bonchev–Trinajstić information content (AvgIpc) is 2.82. The van der Waals surface area contributed by atoms with Gasteiger partial charge in [-0.1, -0.05) is 0 Å². The van der Waals surface area contributed by atoms with Crippen LogP contribution in [-0.4, -0.2) is 75.5 Å². The second kappa shape index (κ2) is 8.21. The van der Waals surface area contributed by atoms with Crippen LogP contribution in [0.4, 0.5) is 5.95 Å². The molecule has 0 aliphatic carbocycles. The van der Waals surface area contributed by atoms with Crippen molar-refractivity contribution >= 4 is 35.4 Å². The fraction of sp³-hybridized carbons (Fsp3) is 0.667. The Morgan fingerprint density at radius 2 is 1.96 bits per heavy atom. The predicted octanol–water partition coefficient (Wildman–Crippen LogP) is 0.926. The normalized spacial score (nSPS) is 26.7. The Balaban J connectivity index is 1.69. The monoisotopic (exact) mass is 353 g/mol. The Bertz CT molecular complexity index is 510. The molecule has 6 nitrogen and oxygen atoms in total. The van der Waals surface area contributed by atoms with E-state index in [0.29, 0.717) is 12.0 Å². The number of likely N-dealkylation sites (tertiary alicyclic amines) is 1. The second-order valence-corrected chi connectivity index (χ2v) is 8.08. The molecular formula is C15H23N5OS2. The van der Waals surface area contributed by atoms with Gasteiger partial charge >= 0.3 is 0 Å². The SMILES string of the molecule is CNC(=O)[C@@H]1C[C@@H](Nc2ncccn2)CN1C1CSCCSC1. The Kier molecular flexibility index (Phi) is 6.02. The third-order valence-corrected chi connectivity index (χ3v) is 6.73. The smallest absolute Gasteiger partial charge is 0.237 e. The summed E-state index contributed by atoms with van der Waals surface area (Å²) in [5.41, 5.74) is 0. The predicted molar refractivity (Wildman–Crippen MR) is 97.1 cm³/mol. The highest BCUT2D eigenvalue weighted by Crippen LogP contribution is 2.28. The molecular weight excluding hydrogens is 330 g/mol. The number of amides is 1. The number of anilines is 1. The van der Waals surface area contributed by atoms with Gasteiger partial charge in [-0.05, 0) is 12.5 Å². The largest absolute Gasteiger partial charge is 0.358 e. The Morgan fingerprint density at radius 1 is 1.26 bits per heavy atom. The molecule has 2 saturated heterocycles. The van der Waals surface area contributed by atoms with Crippen LogP contribution in [0.15, 0.2) is 18.5 Å². The van der Waals surface area contributed by atoms with Crippen LogP contribution < -0.4 is 10.6 Å². The summed E-state index contributed by atoms with van der Waals surface area (Å²) in [7, 11) is 1.72. The zero-order valence-electron chi connectivity index (χ0n) is 13.3. The topological polar surface area (TPSA) is 70.1 Å². The lowest BCUT2D eigenvalue weighted by atomic mass is 10.1. The summed E-state index contributed by atoms with van der Waals surface area (Å²) in [6, 6.07) is 2.40. The molecule has 2 atom stereocenters. The summed E-state index contributed by atoms with van der Waals surface area (Å²) in [5, 5.41) is 6.20. The number of carbonyl (C=O) groups excluding carboxylic acids is 1. The van der Waals surface area contributed by atoms with Crippen LogP contribution in [0.1, 0.15) is 6.42 Å². The summed E-state index contributed by atoms with van der Waals surface area (Å²) in [5.74, 6) is 5.38. The maximum Gasteiger partial charge on any atom is 0.237 e. The first-order valence-corrected chi connectivity index (χ1v) is 10.2. The van der Waals surface area contributed by atoms with Crippen molar-refractivity contribution in [1.29, 1.82) is 0 Å². The fourth-order valence-corrected chi connectivity index (χ4v) is 5.73. The molecule has 1 aromatic heterocycles. The van der Waals surface area contributed by atoms with Crippen molar-refractivity contribution in [2.45, 2.75) is 24.5 Å². The van der Waals surface area contributed by atoms with E-state index in [1.165, 1.54) is 11.5 Å². The van der Waals surface area contributed by atoms with Crippen LogP contribution in [0.25, 0.3) is 0 Å². The van der Waals surface area contributed by atoms with Crippen molar-refractivity contribution < 1.29 is 4.79 Å². The van der Waals surface area contributed by atoms with Gasteiger partial charge in [0.25, 0.3) is 0 Å². The Hall–Kier alpha value is -0.990. The van der Waals surface area contributed by atoms with Gasteiger partial charge in [0.2, 0.25) is 11.9 Å². The van der Waals surface area contributed by atoms with Gasteiger partial charge in [-0.2, -0.15) is 23.5 Å². The van der Waals surface area contributed by atoms with Crippen molar-refractivity contribution in [2.75, 3.05) is 41.9 Å². The number of nitrogens with one attached hydrogen (secondary N) is 2. The molecule has 126 valence electrons. The lowest BCUT2D eigenvalue weighted by Crippen LogP contribution is -2.48. The van der Waals surface area contributed by atoms with Crippen molar-refractivity contribution in [1.82, 2.24) is 20.2 Å². The highest BCUT2D eigenvalue weighted by Gasteiger charge is 2.40. The van der Waals surface area contributed by atoms with E-state index in [-0.39, 0.29) is 18.0 Å². The first kappa shape index (κ1) is 16.9. The van der Waals surface area contributed by atoms with E-state index in [4.69, 9.17) is 0 Å². The van der Waals surface area contributed by atoms with Gasteiger partial charge in [-0.3, -0.25) is 9.69 Å². The number of thioether (sulfide) groups is 2. The van der Waals surface area contributed by atoms with Crippen molar-refractivity contribution in [3.63, 3.8) is 0 Å². The molecule has 2 aliphatic heterocycles. The molecule has 23 heavy (non-hydrogen) atoms. The van der Waals surface area contributed by atoms with E-state index in [1.807, 2.05) is 23.5 Å². The zero-order chi connectivity index (χ0) is 16.1. The molecule has 3 heterocycles. The average molecular weight is 354 g/mol. The van der Waals surface area contributed by atoms with Gasteiger partial charge in [-0.15, -0.1) is 0 Å². The Labute approximate surface area is 145 Å². The lowest BCUT2D eigenvalue weighted by molar-refractivity contribution is -0.125. The standard InChI is InChI=1S/C15H23N5OS2/c1-16-14(21)13-7-11(19-15-17-3-2-4-18-15)8-20(13)12-9-22-5-6-23-10-12/h2-4,11-13H,5-10H2,1H3,(H,16,21)(H,17,18,19)/t11-,13+/m1/s1. The molecule has 2 aliphatic rings. The van der Waals surface area contributed by atoms with Gasteiger partial charge in [0.1, 0.15) is 0 Å². The highest BCUT2D eigenvalue weighted by molar-refractivity contribution is 8.03. The van der Waals surface area contributed by atoms with Crippen LogP contribution in [-0.2, 0) is 4.79 Å². The van der Waals surface area contributed by atoms with Crippen molar-refractivity contribution in [3.8, 4) is 0 Å². The summed E-state index contributed by atoms with van der Waals surface area (Å²) in [4.78, 5) is 23.2. The van der Waals surface area contributed by atoms with Crippen LogP contribution in [0.2, 0.25) is 0 Å². The van der Waals surface area contributed by atoms with Crippen molar-refractivity contribution in [2.24, 2.45) is 0 Å². The molecule has 0 aromatic carbocycles. The third kappa shape index (κ3) is 4.30. The van der Waals surface area contributed by atoms with Crippen LogP contribution >= 0.6 is 23.5 Å².